The number of para-hydroxylation sites is 2. The largest absolute Gasteiger partial charge is 0.481 e. The van der Waals surface area contributed by atoms with Crippen molar-refractivity contribution in [2.45, 2.75) is 12.8 Å². The quantitative estimate of drug-likeness (QED) is 0.755. The second-order valence-corrected chi connectivity index (χ2v) is 4.89. The fourth-order valence-corrected chi connectivity index (χ4v) is 2.25. The Labute approximate surface area is 123 Å². The van der Waals surface area contributed by atoms with Crippen LogP contribution in [0.3, 0.4) is 0 Å². The van der Waals surface area contributed by atoms with Crippen LogP contribution in [0.5, 0.6) is 0 Å². The summed E-state index contributed by atoms with van der Waals surface area (Å²) in [6.07, 6.45) is 2.62. The highest BCUT2D eigenvalue weighted by molar-refractivity contribution is 5.70. The molecule has 0 atom stereocenters. The zero-order chi connectivity index (χ0) is 15.2. The molecule has 0 aliphatic heterocycles. The number of benzene rings is 1. The molecule has 0 radical (unpaired) electrons. The van der Waals surface area contributed by atoms with Crippen molar-refractivity contribution in [2.75, 3.05) is 23.7 Å². The van der Waals surface area contributed by atoms with Gasteiger partial charge in [0.1, 0.15) is 0 Å². The maximum atomic E-state index is 10.8. The van der Waals surface area contributed by atoms with Crippen LogP contribution in [-0.4, -0.2) is 33.9 Å². The van der Waals surface area contributed by atoms with Gasteiger partial charge in [-0.2, -0.15) is 5.10 Å². The standard InChI is InChI=1S/C15H20N4O2/c1-18-12(6-9-17-18)7-10-19(11-8-15(20)21)14-5-3-2-4-13(14)16/h2-6,9H,7-8,10-11,16H2,1H3,(H,20,21). The summed E-state index contributed by atoms with van der Waals surface area (Å²) in [7, 11) is 1.90. The van der Waals surface area contributed by atoms with Crippen LogP contribution in [0.1, 0.15) is 12.1 Å². The number of hydrogen-bond donors (Lipinski definition) is 2. The van der Waals surface area contributed by atoms with Crippen LogP contribution in [0.15, 0.2) is 36.5 Å². The van der Waals surface area contributed by atoms with Gasteiger partial charge in [0, 0.05) is 38.4 Å². The minimum Gasteiger partial charge on any atom is -0.481 e. The first-order chi connectivity index (χ1) is 10.1. The van der Waals surface area contributed by atoms with Gasteiger partial charge in [-0.1, -0.05) is 12.1 Å². The van der Waals surface area contributed by atoms with Gasteiger partial charge in [0.05, 0.1) is 17.8 Å². The molecule has 3 N–H and O–H groups in total. The third kappa shape index (κ3) is 3.98. The summed E-state index contributed by atoms with van der Waals surface area (Å²) in [6, 6.07) is 9.48. The molecule has 0 amide bonds. The molecule has 2 aromatic rings. The second-order valence-electron chi connectivity index (χ2n) is 4.89. The molecule has 1 heterocycles. The monoisotopic (exact) mass is 288 g/mol. The van der Waals surface area contributed by atoms with Crippen molar-refractivity contribution in [3.05, 3.63) is 42.2 Å². The summed E-state index contributed by atoms with van der Waals surface area (Å²) >= 11 is 0. The van der Waals surface area contributed by atoms with Crippen molar-refractivity contribution in [3.8, 4) is 0 Å². The summed E-state index contributed by atoms with van der Waals surface area (Å²) < 4.78 is 1.82. The van der Waals surface area contributed by atoms with Crippen LogP contribution in [0, 0.1) is 0 Å². The van der Waals surface area contributed by atoms with Gasteiger partial charge in [-0.05, 0) is 18.2 Å². The fourth-order valence-electron chi connectivity index (χ4n) is 2.25. The molecule has 0 saturated heterocycles. The molecule has 0 aliphatic carbocycles. The van der Waals surface area contributed by atoms with Crippen molar-refractivity contribution >= 4 is 17.3 Å². The number of carbonyl (C=O) groups is 1. The highest BCUT2D eigenvalue weighted by Gasteiger charge is 2.12. The lowest BCUT2D eigenvalue weighted by molar-refractivity contribution is -0.136. The van der Waals surface area contributed by atoms with Crippen LogP contribution >= 0.6 is 0 Å². The maximum absolute atomic E-state index is 10.8. The predicted molar refractivity (Wildman–Crippen MR) is 82.2 cm³/mol. The van der Waals surface area contributed by atoms with Gasteiger partial charge >= 0.3 is 5.97 Å². The molecule has 2 rings (SSSR count). The van der Waals surface area contributed by atoms with Crippen LogP contribution in [0.25, 0.3) is 0 Å². The van der Waals surface area contributed by atoms with E-state index in [-0.39, 0.29) is 6.42 Å². The van der Waals surface area contributed by atoms with Crippen molar-refractivity contribution in [3.63, 3.8) is 0 Å². The number of hydrogen-bond acceptors (Lipinski definition) is 4. The number of aryl methyl sites for hydroxylation is 1. The van der Waals surface area contributed by atoms with Gasteiger partial charge in [-0.15, -0.1) is 0 Å². The van der Waals surface area contributed by atoms with Gasteiger partial charge in [0.15, 0.2) is 0 Å². The van der Waals surface area contributed by atoms with Crippen LogP contribution in [0.2, 0.25) is 0 Å². The van der Waals surface area contributed by atoms with E-state index in [9.17, 15) is 4.79 Å². The summed E-state index contributed by atoms with van der Waals surface area (Å²) in [4.78, 5) is 12.8. The summed E-state index contributed by atoms with van der Waals surface area (Å²) in [5.74, 6) is -0.810. The molecule has 0 bridgehead atoms. The third-order valence-electron chi connectivity index (χ3n) is 3.43. The zero-order valence-corrected chi connectivity index (χ0v) is 12.1. The van der Waals surface area contributed by atoms with E-state index in [0.29, 0.717) is 18.8 Å². The number of carboxylic acids is 1. The fraction of sp³-hybridized carbons (Fsp3) is 0.333. The Hall–Kier alpha value is -2.50. The number of carboxylic acid groups (broad SMARTS) is 1. The van der Waals surface area contributed by atoms with Crippen molar-refractivity contribution < 1.29 is 9.90 Å². The average Bonchev–Trinajstić information content (AvgIpc) is 2.85. The molecular formula is C15H20N4O2. The number of aliphatic carboxylic acids is 1. The Morgan fingerprint density at radius 2 is 2.10 bits per heavy atom. The molecule has 1 aromatic heterocycles. The van der Waals surface area contributed by atoms with E-state index < -0.39 is 5.97 Å². The highest BCUT2D eigenvalue weighted by atomic mass is 16.4. The van der Waals surface area contributed by atoms with E-state index in [1.165, 1.54) is 0 Å². The molecule has 0 aliphatic rings. The first-order valence-corrected chi connectivity index (χ1v) is 6.86. The van der Waals surface area contributed by atoms with Crippen molar-refractivity contribution in [1.82, 2.24) is 9.78 Å². The van der Waals surface area contributed by atoms with E-state index in [1.54, 1.807) is 6.20 Å². The number of aromatic nitrogens is 2. The average molecular weight is 288 g/mol. The second kappa shape index (κ2) is 6.78. The molecule has 0 fully saturated rings. The first kappa shape index (κ1) is 14.9. The molecule has 1 aromatic carbocycles. The lowest BCUT2D eigenvalue weighted by Crippen LogP contribution is -2.29. The van der Waals surface area contributed by atoms with Gasteiger partial charge in [0.25, 0.3) is 0 Å². The molecule has 0 unspecified atom stereocenters. The Morgan fingerprint density at radius 1 is 1.33 bits per heavy atom. The highest BCUT2D eigenvalue weighted by Crippen LogP contribution is 2.23. The number of nitrogens with zero attached hydrogens (tertiary/aromatic N) is 3. The van der Waals surface area contributed by atoms with Crippen LogP contribution in [-0.2, 0) is 18.3 Å². The van der Waals surface area contributed by atoms with E-state index in [0.717, 1.165) is 17.8 Å². The Bertz CT molecular complexity index is 609. The molecule has 6 heteroatoms. The molecule has 21 heavy (non-hydrogen) atoms. The number of anilines is 2. The summed E-state index contributed by atoms with van der Waals surface area (Å²) in [5, 5.41) is 13.0. The molecule has 6 nitrogen and oxygen atoms in total. The van der Waals surface area contributed by atoms with E-state index in [4.69, 9.17) is 10.8 Å². The number of nitrogens with two attached hydrogens (primary N) is 1. The lowest BCUT2D eigenvalue weighted by atomic mass is 10.2. The Kier molecular flexibility index (Phi) is 4.81. The Morgan fingerprint density at radius 3 is 2.71 bits per heavy atom. The molecule has 0 saturated carbocycles. The smallest absolute Gasteiger partial charge is 0.305 e. The zero-order valence-electron chi connectivity index (χ0n) is 12.1. The number of rotatable bonds is 7. The van der Waals surface area contributed by atoms with Crippen LogP contribution < -0.4 is 10.6 Å². The van der Waals surface area contributed by atoms with E-state index in [2.05, 4.69) is 5.10 Å². The maximum Gasteiger partial charge on any atom is 0.305 e. The number of nitrogen functional groups attached to an aromatic ring is 1. The van der Waals surface area contributed by atoms with Gasteiger partial charge in [-0.25, -0.2) is 0 Å². The van der Waals surface area contributed by atoms with Crippen molar-refractivity contribution in [1.29, 1.82) is 0 Å². The normalized spacial score (nSPS) is 10.5. The summed E-state index contributed by atoms with van der Waals surface area (Å²) in [6.45, 7) is 1.13. The third-order valence-corrected chi connectivity index (χ3v) is 3.43. The SMILES string of the molecule is Cn1nccc1CCN(CCC(=O)O)c1ccccc1N. The molecular weight excluding hydrogens is 268 g/mol. The summed E-state index contributed by atoms with van der Waals surface area (Å²) in [5.41, 5.74) is 8.64. The minimum absolute atomic E-state index is 0.0831. The Balaban J connectivity index is 2.10. The van der Waals surface area contributed by atoms with E-state index >= 15 is 0 Å². The molecule has 0 spiro atoms. The first-order valence-electron chi connectivity index (χ1n) is 6.86. The van der Waals surface area contributed by atoms with Gasteiger partial charge in [-0.3, -0.25) is 9.48 Å². The molecule has 112 valence electrons. The van der Waals surface area contributed by atoms with Gasteiger partial charge < -0.3 is 15.7 Å². The van der Waals surface area contributed by atoms with Crippen LogP contribution in [0.4, 0.5) is 11.4 Å². The minimum atomic E-state index is -0.810. The van der Waals surface area contributed by atoms with Crippen molar-refractivity contribution in [2.24, 2.45) is 7.05 Å². The van der Waals surface area contributed by atoms with Gasteiger partial charge in [0.2, 0.25) is 0 Å². The van der Waals surface area contributed by atoms with E-state index in [1.807, 2.05) is 47.0 Å². The topological polar surface area (TPSA) is 84.4 Å². The predicted octanol–water partition coefficient (Wildman–Crippen LogP) is 1.53. The lowest BCUT2D eigenvalue weighted by Gasteiger charge is -2.25.